The van der Waals surface area contributed by atoms with Crippen molar-refractivity contribution in [2.24, 2.45) is 0 Å². The Bertz CT molecular complexity index is 944. The largest absolute Gasteiger partial charge is 0.341 e. The fourth-order valence-electron chi connectivity index (χ4n) is 3.01. The van der Waals surface area contributed by atoms with Crippen molar-refractivity contribution in [3.8, 4) is 0 Å². The summed E-state index contributed by atoms with van der Waals surface area (Å²) in [7, 11) is 0. The summed E-state index contributed by atoms with van der Waals surface area (Å²) < 4.78 is 2.16. The lowest BCUT2D eigenvalue weighted by molar-refractivity contribution is -0.112. The molecule has 1 aliphatic rings. The Morgan fingerprint density at radius 1 is 1.29 bits per heavy atom. The van der Waals surface area contributed by atoms with Crippen LogP contribution in [-0.4, -0.2) is 25.9 Å². The molecule has 3 heterocycles. The number of thioether (sulfide) groups is 1. The molecule has 7 heteroatoms. The molecule has 24 heavy (non-hydrogen) atoms. The fourth-order valence-corrected chi connectivity index (χ4v) is 4.28. The van der Waals surface area contributed by atoms with Crippen LogP contribution in [0.3, 0.4) is 0 Å². The summed E-state index contributed by atoms with van der Waals surface area (Å²) in [5, 5.41) is 6.62. The molecule has 3 aromatic rings. The second kappa shape index (κ2) is 6.07. The van der Waals surface area contributed by atoms with Crippen molar-refractivity contribution >= 4 is 44.4 Å². The highest BCUT2D eigenvalue weighted by Crippen LogP contribution is 2.25. The maximum atomic E-state index is 11.8. The van der Waals surface area contributed by atoms with Crippen molar-refractivity contribution < 1.29 is 9.59 Å². The van der Waals surface area contributed by atoms with Gasteiger partial charge in [0, 0.05) is 40.7 Å². The summed E-state index contributed by atoms with van der Waals surface area (Å²) in [5.41, 5.74) is 3.24. The van der Waals surface area contributed by atoms with Gasteiger partial charge in [-0.05, 0) is 24.6 Å². The van der Waals surface area contributed by atoms with Crippen LogP contribution in [0, 0.1) is 6.92 Å². The number of thiazole rings is 1. The van der Waals surface area contributed by atoms with E-state index in [1.54, 1.807) is 11.3 Å². The first-order valence-corrected chi connectivity index (χ1v) is 9.30. The minimum atomic E-state index is -0.433. The zero-order chi connectivity index (χ0) is 16.7. The summed E-state index contributed by atoms with van der Waals surface area (Å²) in [5.74, 6) is 0. The van der Waals surface area contributed by atoms with Gasteiger partial charge in [-0.15, -0.1) is 11.3 Å². The summed E-state index contributed by atoms with van der Waals surface area (Å²) in [4.78, 5) is 27.7. The summed E-state index contributed by atoms with van der Waals surface area (Å²) in [6, 6.07) is 7.72. The standard InChI is InChI=1S/C17H15N3O2S2/c1-10-18-12(9-23-10)8-20-6-5-13-11(3-2-4-15(13)20)7-14-16(21)24-17(22)19-14/h2-6,9,14H,7-8H2,1H3,(H,19,22). The van der Waals surface area contributed by atoms with Gasteiger partial charge in [0.2, 0.25) is 5.12 Å². The van der Waals surface area contributed by atoms with E-state index in [0.717, 1.165) is 45.5 Å². The van der Waals surface area contributed by atoms with Gasteiger partial charge >= 0.3 is 0 Å². The van der Waals surface area contributed by atoms with E-state index < -0.39 is 6.04 Å². The third kappa shape index (κ3) is 2.85. The maximum absolute atomic E-state index is 11.8. The quantitative estimate of drug-likeness (QED) is 0.778. The molecule has 0 bridgehead atoms. The van der Waals surface area contributed by atoms with Crippen LogP contribution in [0.4, 0.5) is 4.79 Å². The van der Waals surface area contributed by atoms with Gasteiger partial charge in [-0.2, -0.15) is 0 Å². The Balaban J connectivity index is 1.64. The molecule has 5 nitrogen and oxygen atoms in total. The highest BCUT2D eigenvalue weighted by Gasteiger charge is 2.31. The molecule has 1 amide bonds. The molecule has 0 radical (unpaired) electrons. The molecule has 122 valence electrons. The van der Waals surface area contributed by atoms with Gasteiger partial charge < -0.3 is 9.88 Å². The maximum Gasteiger partial charge on any atom is 0.287 e. The zero-order valence-corrected chi connectivity index (χ0v) is 14.6. The van der Waals surface area contributed by atoms with Crippen molar-refractivity contribution in [1.29, 1.82) is 0 Å². The third-order valence-electron chi connectivity index (χ3n) is 4.10. The van der Waals surface area contributed by atoms with Crippen molar-refractivity contribution in [3.05, 3.63) is 52.1 Å². The number of hydrogen-bond donors (Lipinski definition) is 1. The van der Waals surface area contributed by atoms with Crippen molar-refractivity contribution in [2.45, 2.75) is 25.9 Å². The first-order chi connectivity index (χ1) is 11.6. The second-order valence-electron chi connectivity index (χ2n) is 5.76. The molecule has 1 saturated heterocycles. The number of amides is 1. The predicted octanol–water partition coefficient (Wildman–Crippen LogP) is 3.35. The number of nitrogens with zero attached hydrogens (tertiary/aromatic N) is 2. The van der Waals surface area contributed by atoms with Crippen molar-refractivity contribution in [3.63, 3.8) is 0 Å². The zero-order valence-electron chi connectivity index (χ0n) is 13.0. The molecular weight excluding hydrogens is 342 g/mol. The molecule has 1 aromatic carbocycles. The van der Waals surface area contributed by atoms with Crippen LogP contribution in [0.1, 0.15) is 16.3 Å². The van der Waals surface area contributed by atoms with Crippen LogP contribution in [0.25, 0.3) is 10.9 Å². The van der Waals surface area contributed by atoms with Crippen molar-refractivity contribution in [1.82, 2.24) is 14.9 Å². The fraction of sp³-hybridized carbons (Fsp3) is 0.235. The van der Waals surface area contributed by atoms with E-state index in [0.29, 0.717) is 6.42 Å². The summed E-state index contributed by atoms with van der Waals surface area (Å²) >= 11 is 2.41. The van der Waals surface area contributed by atoms with Gasteiger partial charge in [0.05, 0.1) is 17.2 Å². The number of nitrogens with one attached hydrogen (secondary N) is 1. The molecule has 0 aliphatic carbocycles. The van der Waals surface area contributed by atoms with E-state index in [2.05, 4.69) is 32.4 Å². The first kappa shape index (κ1) is 15.4. The molecular formula is C17H15N3O2S2. The molecule has 2 aromatic heterocycles. The molecule has 1 fully saturated rings. The van der Waals surface area contributed by atoms with Crippen molar-refractivity contribution in [2.75, 3.05) is 0 Å². The van der Waals surface area contributed by atoms with Gasteiger partial charge in [0.25, 0.3) is 5.24 Å². The topological polar surface area (TPSA) is 64.0 Å². The molecule has 1 N–H and O–H groups in total. The minimum absolute atomic E-state index is 0.102. The van der Waals surface area contributed by atoms with E-state index in [1.165, 1.54) is 0 Å². The molecule has 0 saturated carbocycles. The van der Waals surface area contributed by atoms with E-state index in [4.69, 9.17) is 0 Å². The summed E-state index contributed by atoms with van der Waals surface area (Å²) in [6.45, 7) is 2.73. The number of carbonyl (C=O) groups is 2. The molecule has 0 spiro atoms. The highest BCUT2D eigenvalue weighted by atomic mass is 32.2. The molecule has 4 rings (SSSR count). The van der Waals surface area contributed by atoms with E-state index >= 15 is 0 Å². The molecule has 1 atom stereocenters. The van der Waals surface area contributed by atoms with Crippen LogP contribution in [0.5, 0.6) is 0 Å². The summed E-state index contributed by atoms with van der Waals surface area (Å²) in [6.07, 6.45) is 2.57. The van der Waals surface area contributed by atoms with E-state index in [1.807, 2.05) is 25.3 Å². The number of aromatic nitrogens is 2. The van der Waals surface area contributed by atoms with Crippen LogP contribution < -0.4 is 5.32 Å². The Hall–Kier alpha value is -2.12. The molecule has 1 unspecified atom stereocenters. The number of rotatable bonds is 4. The minimum Gasteiger partial charge on any atom is -0.341 e. The van der Waals surface area contributed by atoms with Crippen LogP contribution >= 0.6 is 23.1 Å². The monoisotopic (exact) mass is 357 g/mol. The average Bonchev–Trinajstić information content (AvgIpc) is 3.22. The second-order valence-corrected chi connectivity index (χ2v) is 7.80. The van der Waals surface area contributed by atoms with Crippen LogP contribution in [0.15, 0.2) is 35.8 Å². The number of aryl methyl sites for hydroxylation is 1. The number of hydrogen-bond acceptors (Lipinski definition) is 5. The SMILES string of the molecule is Cc1nc(Cn2ccc3c(CC4NC(=O)SC4=O)cccc32)cs1. The number of benzene rings is 1. The smallest absolute Gasteiger partial charge is 0.287 e. The number of fused-ring (bicyclic) bond motifs is 1. The Morgan fingerprint density at radius 3 is 2.88 bits per heavy atom. The Labute approximate surface area is 147 Å². The van der Waals surface area contributed by atoms with Gasteiger partial charge in [0.1, 0.15) is 6.04 Å². The lowest BCUT2D eigenvalue weighted by atomic mass is 10.0. The lowest BCUT2D eigenvalue weighted by Crippen LogP contribution is -2.30. The van der Waals surface area contributed by atoms with Gasteiger partial charge in [-0.3, -0.25) is 9.59 Å². The third-order valence-corrected chi connectivity index (χ3v) is 5.71. The lowest BCUT2D eigenvalue weighted by Gasteiger charge is -2.10. The number of carbonyl (C=O) groups excluding carboxylic acids is 2. The van der Waals surface area contributed by atoms with Crippen LogP contribution in [0.2, 0.25) is 0 Å². The average molecular weight is 357 g/mol. The van der Waals surface area contributed by atoms with Gasteiger partial charge in [0.15, 0.2) is 0 Å². The van der Waals surface area contributed by atoms with E-state index in [9.17, 15) is 9.59 Å². The Morgan fingerprint density at radius 2 is 2.17 bits per heavy atom. The molecule has 1 aliphatic heterocycles. The Kier molecular flexibility index (Phi) is 3.90. The first-order valence-electron chi connectivity index (χ1n) is 7.60. The van der Waals surface area contributed by atoms with E-state index in [-0.39, 0.29) is 10.4 Å². The normalized spacial score (nSPS) is 17.6. The predicted molar refractivity (Wildman–Crippen MR) is 96.5 cm³/mol. The van der Waals surface area contributed by atoms with Gasteiger partial charge in [-0.1, -0.05) is 12.1 Å². The van der Waals surface area contributed by atoms with Gasteiger partial charge in [-0.25, -0.2) is 4.98 Å². The highest BCUT2D eigenvalue weighted by molar-refractivity contribution is 8.26. The van der Waals surface area contributed by atoms with Crippen LogP contribution in [-0.2, 0) is 17.8 Å².